The van der Waals surface area contributed by atoms with Gasteiger partial charge >= 0.3 is 0 Å². The lowest BCUT2D eigenvalue weighted by Gasteiger charge is -2.38. The van der Waals surface area contributed by atoms with Crippen LogP contribution in [-0.2, 0) is 6.54 Å². The minimum atomic E-state index is 0. The molecule has 0 saturated carbocycles. The van der Waals surface area contributed by atoms with Crippen LogP contribution in [0.1, 0.15) is 18.9 Å². The number of hydrogen-bond acceptors (Lipinski definition) is 3. The zero-order chi connectivity index (χ0) is 14.7. The average Bonchev–Trinajstić information content (AvgIpc) is 2.90. The standard InChI is InChI=1S/C17H26BrN3.ClH/c1-17(6-7-19-13-17)14-21-10-8-20(9-11-21)12-15-2-4-16(18)5-3-15;/h2-5,19H,6-14H2,1H3;1H. The van der Waals surface area contributed by atoms with Crippen molar-refractivity contribution in [1.29, 1.82) is 0 Å². The highest BCUT2D eigenvalue weighted by molar-refractivity contribution is 9.10. The van der Waals surface area contributed by atoms with Crippen LogP contribution in [-0.4, -0.2) is 55.6 Å². The third-order valence-corrected chi connectivity index (χ3v) is 5.38. The van der Waals surface area contributed by atoms with E-state index in [2.05, 4.69) is 62.2 Å². The number of benzene rings is 1. The van der Waals surface area contributed by atoms with Crippen molar-refractivity contribution in [3.05, 3.63) is 34.3 Å². The lowest BCUT2D eigenvalue weighted by Crippen LogP contribution is -2.49. The Morgan fingerprint density at radius 1 is 1.09 bits per heavy atom. The third-order valence-electron chi connectivity index (χ3n) is 4.85. The maximum atomic E-state index is 3.51. The van der Waals surface area contributed by atoms with Crippen molar-refractivity contribution >= 4 is 28.3 Å². The number of nitrogens with one attached hydrogen (secondary N) is 1. The van der Waals surface area contributed by atoms with E-state index in [9.17, 15) is 0 Å². The fourth-order valence-corrected chi connectivity index (χ4v) is 3.76. The molecular weight excluding hydrogens is 362 g/mol. The van der Waals surface area contributed by atoms with Gasteiger partial charge in [0.2, 0.25) is 0 Å². The molecule has 0 bridgehead atoms. The van der Waals surface area contributed by atoms with E-state index in [4.69, 9.17) is 0 Å². The smallest absolute Gasteiger partial charge is 0.0234 e. The number of halogens is 2. The second kappa shape index (κ2) is 8.11. The Balaban J connectivity index is 0.00000176. The molecule has 1 unspecified atom stereocenters. The van der Waals surface area contributed by atoms with Crippen LogP contribution < -0.4 is 5.32 Å². The number of hydrogen-bond donors (Lipinski definition) is 1. The van der Waals surface area contributed by atoms with E-state index < -0.39 is 0 Å². The number of rotatable bonds is 4. The van der Waals surface area contributed by atoms with E-state index in [1.165, 1.54) is 57.8 Å². The van der Waals surface area contributed by atoms with E-state index >= 15 is 0 Å². The fraction of sp³-hybridized carbons (Fsp3) is 0.647. The minimum absolute atomic E-state index is 0. The minimum Gasteiger partial charge on any atom is -0.316 e. The molecule has 0 radical (unpaired) electrons. The van der Waals surface area contributed by atoms with Crippen molar-refractivity contribution in [3.8, 4) is 0 Å². The summed E-state index contributed by atoms with van der Waals surface area (Å²) in [7, 11) is 0. The molecule has 2 heterocycles. The second-order valence-corrected chi connectivity index (χ2v) is 7.83. The monoisotopic (exact) mass is 387 g/mol. The van der Waals surface area contributed by atoms with Crippen molar-refractivity contribution in [1.82, 2.24) is 15.1 Å². The van der Waals surface area contributed by atoms with E-state index in [-0.39, 0.29) is 12.4 Å². The van der Waals surface area contributed by atoms with E-state index in [1.807, 2.05) is 0 Å². The summed E-state index contributed by atoms with van der Waals surface area (Å²) in [5.74, 6) is 0. The summed E-state index contributed by atoms with van der Waals surface area (Å²) in [6.45, 7) is 12.0. The topological polar surface area (TPSA) is 18.5 Å². The van der Waals surface area contributed by atoms with Crippen molar-refractivity contribution in [2.24, 2.45) is 5.41 Å². The van der Waals surface area contributed by atoms with Gasteiger partial charge in [-0.3, -0.25) is 4.90 Å². The van der Waals surface area contributed by atoms with Gasteiger partial charge in [-0.1, -0.05) is 35.0 Å². The summed E-state index contributed by atoms with van der Waals surface area (Å²) in [5.41, 5.74) is 1.91. The van der Waals surface area contributed by atoms with Crippen LogP contribution in [0, 0.1) is 5.41 Å². The molecule has 5 heteroatoms. The molecular formula is C17H27BrClN3. The Bertz CT molecular complexity index is 451. The normalized spacial score (nSPS) is 26.8. The zero-order valence-corrected chi connectivity index (χ0v) is 15.8. The van der Waals surface area contributed by atoms with Gasteiger partial charge in [-0.15, -0.1) is 12.4 Å². The van der Waals surface area contributed by atoms with Crippen molar-refractivity contribution in [3.63, 3.8) is 0 Å². The SMILES string of the molecule is CC1(CN2CCN(Cc3ccc(Br)cc3)CC2)CCNC1.Cl. The summed E-state index contributed by atoms with van der Waals surface area (Å²) < 4.78 is 1.16. The molecule has 0 aliphatic carbocycles. The van der Waals surface area contributed by atoms with Crippen LogP contribution in [0.4, 0.5) is 0 Å². The van der Waals surface area contributed by atoms with Crippen LogP contribution >= 0.6 is 28.3 Å². The molecule has 2 aliphatic rings. The molecule has 2 aliphatic heterocycles. The van der Waals surface area contributed by atoms with Crippen LogP contribution in [0.2, 0.25) is 0 Å². The van der Waals surface area contributed by atoms with Crippen molar-refractivity contribution in [2.75, 3.05) is 45.8 Å². The Labute approximate surface area is 149 Å². The quantitative estimate of drug-likeness (QED) is 0.855. The maximum absolute atomic E-state index is 3.51. The first-order valence-electron chi connectivity index (χ1n) is 8.03. The third kappa shape index (κ3) is 4.93. The van der Waals surface area contributed by atoms with Gasteiger partial charge < -0.3 is 10.2 Å². The molecule has 1 atom stereocenters. The molecule has 3 rings (SSSR count). The summed E-state index contributed by atoms with van der Waals surface area (Å²) >= 11 is 3.50. The Hall–Kier alpha value is -0.130. The van der Waals surface area contributed by atoms with E-state index in [0.29, 0.717) is 5.41 Å². The molecule has 2 saturated heterocycles. The predicted molar refractivity (Wildman–Crippen MR) is 98.7 cm³/mol. The summed E-state index contributed by atoms with van der Waals surface area (Å²) in [6, 6.07) is 8.72. The van der Waals surface area contributed by atoms with Gasteiger partial charge in [0.15, 0.2) is 0 Å². The highest BCUT2D eigenvalue weighted by atomic mass is 79.9. The molecule has 124 valence electrons. The van der Waals surface area contributed by atoms with Gasteiger partial charge in [-0.05, 0) is 36.1 Å². The first-order valence-corrected chi connectivity index (χ1v) is 8.82. The average molecular weight is 389 g/mol. The molecule has 0 aromatic heterocycles. The summed E-state index contributed by atoms with van der Waals surface area (Å²) in [6.07, 6.45) is 1.33. The molecule has 0 spiro atoms. The molecule has 22 heavy (non-hydrogen) atoms. The van der Waals surface area contributed by atoms with Crippen molar-refractivity contribution in [2.45, 2.75) is 19.9 Å². The largest absolute Gasteiger partial charge is 0.316 e. The van der Waals surface area contributed by atoms with Gasteiger partial charge in [0, 0.05) is 50.3 Å². The van der Waals surface area contributed by atoms with Gasteiger partial charge in [0.25, 0.3) is 0 Å². The zero-order valence-electron chi connectivity index (χ0n) is 13.4. The Morgan fingerprint density at radius 2 is 1.73 bits per heavy atom. The molecule has 1 N–H and O–H groups in total. The van der Waals surface area contributed by atoms with Crippen LogP contribution in [0.5, 0.6) is 0 Å². The molecule has 1 aromatic carbocycles. The molecule has 2 fully saturated rings. The van der Waals surface area contributed by atoms with Crippen LogP contribution in [0.25, 0.3) is 0 Å². The maximum Gasteiger partial charge on any atom is 0.0234 e. The van der Waals surface area contributed by atoms with Gasteiger partial charge in [-0.2, -0.15) is 0 Å². The lowest BCUT2D eigenvalue weighted by molar-refractivity contribution is 0.0933. The van der Waals surface area contributed by atoms with E-state index in [1.54, 1.807) is 0 Å². The summed E-state index contributed by atoms with van der Waals surface area (Å²) in [4.78, 5) is 5.24. The molecule has 0 amide bonds. The van der Waals surface area contributed by atoms with Gasteiger partial charge in [0.1, 0.15) is 0 Å². The molecule has 1 aromatic rings. The molecule has 3 nitrogen and oxygen atoms in total. The van der Waals surface area contributed by atoms with Crippen molar-refractivity contribution < 1.29 is 0 Å². The predicted octanol–water partition coefficient (Wildman–Crippen LogP) is 2.99. The second-order valence-electron chi connectivity index (χ2n) is 6.92. The van der Waals surface area contributed by atoms with Crippen LogP contribution in [0.3, 0.4) is 0 Å². The van der Waals surface area contributed by atoms with E-state index in [0.717, 1.165) is 11.0 Å². The Morgan fingerprint density at radius 3 is 2.32 bits per heavy atom. The van der Waals surface area contributed by atoms with Crippen LogP contribution in [0.15, 0.2) is 28.7 Å². The fourth-order valence-electron chi connectivity index (χ4n) is 3.50. The van der Waals surface area contributed by atoms with Gasteiger partial charge in [-0.25, -0.2) is 0 Å². The number of piperazine rings is 1. The highest BCUT2D eigenvalue weighted by Crippen LogP contribution is 2.26. The highest BCUT2D eigenvalue weighted by Gasteiger charge is 2.31. The lowest BCUT2D eigenvalue weighted by atomic mass is 9.89. The first-order chi connectivity index (χ1) is 10.1. The number of nitrogens with zero attached hydrogens (tertiary/aromatic N) is 2. The Kier molecular flexibility index (Phi) is 6.72. The van der Waals surface area contributed by atoms with Gasteiger partial charge in [0.05, 0.1) is 0 Å². The first kappa shape index (κ1) is 18.2. The summed E-state index contributed by atoms with van der Waals surface area (Å²) in [5, 5.41) is 3.51.